The predicted molar refractivity (Wildman–Crippen MR) is 113 cm³/mol. The van der Waals surface area contributed by atoms with Gasteiger partial charge in [0.05, 0.1) is 22.1 Å². The summed E-state index contributed by atoms with van der Waals surface area (Å²) in [6.45, 7) is 5.18. The molecule has 0 spiro atoms. The largest absolute Gasteiger partial charge is 0.449 e. The number of aryl methyl sites for hydroxylation is 2. The summed E-state index contributed by atoms with van der Waals surface area (Å²) >= 11 is 7.84. The smallest absolute Gasteiger partial charge is 0.331 e. The molecule has 2 aromatic heterocycles. The average molecular weight is 418 g/mol. The van der Waals surface area contributed by atoms with Gasteiger partial charge in [0, 0.05) is 28.1 Å². The zero-order valence-corrected chi connectivity index (χ0v) is 17.5. The lowest BCUT2D eigenvalue weighted by molar-refractivity contribution is -0.148. The first-order chi connectivity index (χ1) is 13.3. The van der Waals surface area contributed by atoms with Crippen molar-refractivity contribution in [3.8, 4) is 0 Å². The lowest BCUT2D eigenvalue weighted by atomic mass is 10.2. The quantitative estimate of drug-likeness (QED) is 0.490. The van der Waals surface area contributed by atoms with Crippen LogP contribution in [0.1, 0.15) is 23.2 Å². The number of carbonyl (C=O) groups is 2. The molecule has 0 saturated carbocycles. The van der Waals surface area contributed by atoms with Gasteiger partial charge in [-0.1, -0.05) is 29.8 Å². The molecule has 1 aromatic carbocycles. The minimum absolute atomic E-state index is 0.416. The molecule has 2 heterocycles. The Morgan fingerprint density at radius 1 is 1.32 bits per heavy atom. The Hall–Kier alpha value is -2.64. The van der Waals surface area contributed by atoms with Gasteiger partial charge in [-0.25, -0.2) is 4.79 Å². The van der Waals surface area contributed by atoms with E-state index in [-0.39, 0.29) is 0 Å². The van der Waals surface area contributed by atoms with Gasteiger partial charge in [-0.2, -0.15) is 5.10 Å². The normalized spacial score (nSPS) is 12.5. The summed E-state index contributed by atoms with van der Waals surface area (Å²) in [5.74, 6) is -1.03. The number of fused-ring (bicyclic) bond motifs is 1. The Balaban J connectivity index is 1.64. The van der Waals surface area contributed by atoms with Crippen LogP contribution in [0.3, 0.4) is 0 Å². The van der Waals surface area contributed by atoms with E-state index in [0.29, 0.717) is 16.4 Å². The van der Waals surface area contributed by atoms with E-state index in [1.165, 1.54) is 24.3 Å². The Morgan fingerprint density at radius 3 is 2.68 bits per heavy atom. The number of aromatic nitrogens is 2. The summed E-state index contributed by atoms with van der Waals surface area (Å²) in [7, 11) is 1.80. The van der Waals surface area contributed by atoms with Gasteiger partial charge in [0.1, 0.15) is 0 Å². The lowest BCUT2D eigenvalue weighted by Crippen LogP contribution is -2.29. The van der Waals surface area contributed by atoms with Crippen molar-refractivity contribution in [3.05, 3.63) is 51.6 Å². The van der Waals surface area contributed by atoms with Crippen LogP contribution >= 0.6 is 22.9 Å². The summed E-state index contributed by atoms with van der Waals surface area (Å²) in [6, 6.07) is 7.74. The minimum atomic E-state index is -0.950. The van der Waals surface area contributed by atoms with E-state index in [1.54, 1.807) is 24.7 Å². The van der Waals surface area contributed by atoms with E-state index in [0.717, 1.165) is 20.7 Å². The number of nitrogens with zero attached hydrogens (tertiary/aromatic N) is 2. The van der Waals surface area contributed by atoms with Crippen molar-refractivity contribution in [1.29, 1.82) is 0 Å². The van der Waals surface area contributed by atoms with Gasteiger partial charge in [0.15, 0.2) is 6.10 Å². The number of thiophene rings is 1. The fourth-order valence-corrected chi connectivity index (χ4v) is 4.13. The molecule has 1 amide bonds. The Kier molecular flexibility index (Phi) is 5.86. The standard InChI is InChI=1S/C20H20ClN3O3S/c1-11-19(12(2)24(4)23-11)22-20(26)13(3)27-17(25)10-9-16-18(21)14-7-5-6-8-15(14)28-16/h5-10,13H,1-4H3,(H,22,26)/b10-9+/t13-/m1/s1. The van der Waals surface area contributed by atoms with Crippen LogP contribution in [0.15, 0.2) is 30.3 Å². The van der Waals surface area contributed by atoms with Crippen LogP contribution in [-0.2, 0) is 21.4 Å². The Bertz CT molecular complexity index is 1080. The van der Waals surface area contributed by atoms with E-state index >= 15 is 0 Å². The summed E-state index contributed by atoms with van der Waals surface area (Å²) in [5.41, 5.74) is 2.15. The SMILES string of the molecule is Cc1nn(C)c(C)c1NC(=O)[C@@H](C)OC(=O)/C=C/c1sc2ccccc2c1Cl. The van der Waals surface area contributed by atoms with Gasteiger partial charge in [-0.15, -0.1) is 11.3 Å². The third kappa shape index (κ3) is 4.10. The second-order valence-corrected chi connectivity index (χ2v) is 7.81. The van der Waals surface area contributed by atoms with Crippen LogP contribution < -0.4 is 5.32 Å². The molecule has 146 valence electrons. The predicted octanol–water partition coefficient (Wildman–Crippen LogP) is 4.49. The van der Waals surface area contributed by atoms with Crippen molar-refractivity contribution in [2.75, 3.05) is 5.32 Å². The maximum Gasteiger partial charge on any atom is 0.331 e. The summed E-state index contributed by atoms with van der Waals surface area (Å²) in [4.78, 5) is 25.2. The first-order valence-corrected chi connectivity index (χ1v) is 9.84. The van der Waals surface area contributed by atoms with Crippen LogP contribution in [0.2, 0.25) is 5.02 Å². The molecule has 0 unspecified atom stereocenters. The maximum absolute atomic E-state index is 12.3. The number of carbonyl (C=O) groups excluding carboxylic acids is 2. The zero-order valence-electron chi connectivity index (χ0n) is 15.9. The Labute approximate surface area is 171 Å². The van der Waals surface area contributed by atoms with E-state index in [1.807, 2.05) is 31.2 Å². The second-order valence-electron chi connectivity index (χ2n) is 6.35. The number of ether oxygens (including phenoxy) is 1. The number of nitrogens with one attached hydrogen (secondary N) is 1. The number of hydrogen-bond acceptors (Lipinski definition) is 5. The number of esters is 1. The molecule has 1 atom stereocenters. The van der Waals surface area contributed by atoms with Gasteiger partial charge in [0.2, 0.25) is 0 Å². The summed E-state index contributed by atoms with van der Waals surface area (Å²) in [6.07, 6.45) is 1.94. The molecule has 0 radical (unpaired) electrons. The van der Waals surface area contributed by atoms with E-state index in [4.69, 9.17) is 16.3 Å². The van der Waals surface area contributed by atoms with Crippen molar-refractivity contribution >= 4 is 56.7 Å². The number of anilines is 1. The number of amides is 1. The minimum Gasteiger partial charge on any atom is -0.449 e. The van der Waals surface area contributed by atoms with Crippen LogP contribution in [-0.4, -0.2) is 27.8 Å². The third-order valence-corrected chi connectivity index (χ3v) is 6.01. The van der Waals surface area contributed by atoms with Crippen LogP contribution in [0.4, 0.5) is 5.69 Å². The van der Waals surface area contributed by atoms with Crippen molar-refractivity contribution in [2.45, 2.75) is 26.9 Å². The summed E-state index contributed by atoms with van der Waals surface area (Å²) < 4.78 is 7.92. The van der Waals surface area contributed by atoms with Crippen molar-refractivity contribution in [2.24, 2.45) is 7.05 Å². The second kappa shape index (κ2) is 8.16. The van der Waals surface area contributed by atoms with Gasteiger partial charge in [-0.05, 0) is 32.9 Å². The Morgan fingerprint density at radius 2 is 2.04 bits per heavy atom. The highest BCUT2D eigenvalue weighted by Crippen LogP contribution is 2.35. The number of benzene rings is 1. The van der Waals surface area contributed by atoms with E-state index < -0.39 is 18.0 Å². The number of hydrogen-bond donors (Lipinski definition) is 1. The molecular formula is C20H20ClN3O3S. The van der Waals surface area contributed by atoms with Crippen molar-refractivity contribution in [3.63, 3.8) is 0 Å². The van der Waals surface area contributed by atoms with E-state index in [9.17, 15) is 9.59 Å². The zero-order chi connectivity index (χ0) is 20.4. The monoisotopic (exact) mass is 417 g/mol. The molecule has 0 aliphatic carbocycles. The lowest BCUT2D eigenvalue weighted by Gasteiger charge is -2.12. The van der Waals surface area contributed by atoms with Crippen LogP contribution in [0.5, 0.6) is 0 Å². The molecule has 3 aromatic rings. The van der Waals surface area contributed by atoms with Crippen LogP contribution in [0.25, 0.3) is 16.2 Å². The fraction of sp³-hybridized carbons (Fsp3) is 0.250. The molecule has 0 saturated heterocycles. The highest BCUT2D eigenvalue weighted by atomic mass is 35.5. The van der Waals surface area contributed by atoms with Gasteiger partial charge in [-0.3, -0.25) is 9.48 Å². The molecule has 3 rings (SSSR count). The van der Waals surface area contributed by atoms with Crippen molar-refractivity contribution in [1.82, 2.24) is 9.78 Å². The van der Waals surface area contributed by atoms with Crippen molar-refractivity contribution < 1.29 is 14.3 Å². The van der Waals surface area contributed by atoms with Gasteiger partial charge < -0.3 is 10.1 Å². The van der Waals surface area contributed by atoms with E-state index in [2.05, 4.69) is 10.4 Å². The number of halogens is 1. The first kappa shape index (κ1) is 20.1. The molecule has 0 bridgehead atoms. The fourth-order valence-electron chi connectivity index (χ4n) is 2.73. The van der Waals surface area contributed by atoms with Gasteiger partial charge >= 0.3 is 5.97 Å². The topological polar surface area (TPSA) is 73.2 Å². The highest BCUT2D eigenvalue weighted by Gasteiger charge is 2.20. The van der Waals surface area contributed by atoms with Crippen LogP contribution in [0, 0.1) is 13.8 Å². The molecule has 0 aliphatic heterocycles. The third-order valence-electron chi connectivity index (χ3n) is 4.35. The average Bonchev–Trinajstić information content (AvgIpc) is 3.11. The van der Waals surface area contributed by atoms with Gasteiger partial charge in [0.25, 0.3) is 5.91 Å². The molecule has 0 aliphatic rings. The summed E-state index contributed by atoms with van der Waals surface area (Å²) in [5, 5.41) is 8.54. The molecule has 6 nitrogen and oxygen atoms in total. The first-order valence-electron chi connectivity index (χ1n) is 8.64. The molecule has 0 fully saturated rings. The number of rotatable bonds is 5. The maximum atomic E-state index is 12.3. The molecule has 28 heavy (non-hydrogen) atoms. The molecule has 8 heteroatoms. The molecule has 1 N–H and O–H groups in total. The highest BCUT2D eigenvalue weighted by molar-refractivity contribution is 7.20. The molecular weight excluding hydrogens is 398 g/mol.